The van der Waals surface area contributed by atoms with Crippen LogP contribution in [0.4, 0.5) is 0 Å². The maximum absolute atomic E-state index is 12.5. The first kappa shape index (κ1) is 17.5. The van der Waals surface area contributed by atoms with Gasteiger partial charge in [0.25, 0.3) is 5.91 Å². The molecule has 1 saturated heterocycles. The van der Waals surface area contributed by atoms with Gasteiger partial charge in [0.2, 0.25) is 0 Å². The van der Waals surface area contributed by atoms with E-state index >= 15 is 0 Å². The lowest BCUT2D eigenvalue weighted by molar-refractivity contribution is 0.0912. The molecule has 0 bridgehead atoms. The lowest BCUT2D eigenvalue weighted by Crippen LogP contribution is -2.47. The van der Waals surface area contributed by atoms with Gasteiger partial charge < -0.3 is 5.32 Å². The van der Waals surface area contributed by atoms with E-state index in [0.717, 1.165) is 19.5 Å². The first-order valence-corrected chi connectivity index (χ1v) is 9.11. The molecule has 1 amide bonds. The average Bonchev–Trinajstić information content (AvgIpc) is 3.20. The lowest BCUT2D eigenvalue weighted by Gasteiger charge is -2.35. The van der Waals surface area contributed by atoms with Crippen LogP contribution in [-0.2, 0) is 0 Å². The number of likely N-dealkylation sites (tertiary alicyclic amines) is 1. The van der Waals surface area contributed by atoms with Crippen LogP contribution in [0.2, 0.25) is 0 Å². The van der Waals surface area contributed by atoms with E-state index in [9.17, 15) is 4.79 Å². The molecule has 1 aliphatic rings. The van der Waals surface area contributed by atoms with Crippen LogP contribution in [0.5, 0.6) is 0 Å². The highest BCUT2D eigenvalue weighted by molar-refractivity contribution is 5.94. The number of unbranched alkanes of at least 4 members (excludes halogenated alkanes) is 1. The van der Waals surface area contributed by atoms with Crippen molar-refractivity contribution in [2.24, 2.45) is 0 Å². The Labute approximate surface area is 148 Å². The summed E-state index contributed by atoms with van der Waals surface area (Å²) in [6.07, 6.45) is 10.7. The number of hydrogen-bond donors (Lipinski definition) is 1. The Balaban J connectivity index is 1.59. The number of pyridine rings is 1. The Bertz CT molecular complexity index is 672. The summed E-state index contributed by atoms with van der Waals surface area (Å²) in [5.41, 5.74) is 0.594. The molecule has 0 radical (unpaired) electrons. The van der Waals surface area contributed by atoms with Crippen molar-refractivity contribution < 1.29 is 4.79 Å². The monoisotopic (exact) mass is 342 g/mol. The van der Waals surface area contributed by atoms with Crippen LogP contribution in [0.3, 0.4) is 0 Å². The van der Waals surface area contributed by atoms with E-state index in [0.29, 0.717) is 24.0 Å². The van der Waals surface area contributed by atoms with Crippen LogP contribution < -0.4 is 5.32 Å². The summed E-state index contributed by atoms with van der Waals surface area (Å²) in [6.45, 7) is 5.19. The second kappa shape index (κ2) is 8.71. The molecule has 1 atom stereocenters. The maximum atomic E-state index is 12.5. The number of nitrogens with zero attached hydrogens (tertiary/aromatic N) is 5. The number of carbonyl (C=O) groups is 1. The predicted octanol–water partition coefficient (Wildman–Crippen LogP) is 2.05. The van der Waals surface area contributed by atoms with Crippen LogP contribution >= 0.6 is 0 Å². The minimum Gasteiger partial charge on any atom is -0.350 e. The Morgan fingerprint density at radius 1 is 1.40 bits per heavy atom. The molecule has 2 aromatic rings. The SMILES string of the molecule is CCCCN1CCCC[C@@H]1CNC(=O)c1ccnc(-n2cncn2)c1. The molecule has 2 aromatic heterocycles. The van der Waals surface area contributed by atoms with Crippen molar-refractivity contribution in [3.05, 3.63) is 36.5 Å². The van der Waals surface area contributed by atoms with Crippen molar-refractivity contribution in [1.29, 1.82) is 0 Å². The topological polar surface area (TPSA) is 75.9 Å². The molecule has 0 saturated carbocycles. The van der Waals surface area contributed by atoms with Crippen molar-refractivity contribution in [3.8, 4) is 5.82 Å². The molecule has 7 heteroatoms. The predicted molar refractivity (Wildman–Crippen MR) is 95.6 cm³/mol. The molecule has 134 valence electrons. The Morgan fingerprint density at radius 2 is 2.32 bits per heavy atom. The van der Waals surface area contributed by atoms with Crippen LogP contribution in [0.1, 0.15) is 49.4 Å². The fourth-order valence-corrected chi connectivity index (χ4v) is 3.27. The number of amides is 1. The van der Waals surface area contributed by atoms with Crippen LogP contribution in [0.15, 0.2) is 31.0 Å². The fourth-order valence-electron chi connectivity index (χ4n) is 3.27. The molecule has 1 N–H and O–H groups in total. The van der Waals surface area contributed by atoms with Crippen molar-refractivity contribution in [1.82, 2.24) is 30.0 Å². The van der Waals surface area contributed by atoms with E-state index in [2.05, 4.69) is 32.2 Å². The molecular formula is C18H26N6O. The zero-order valence-corrected chi connectivity index (χ0v) is 14.8. The molecule has 3 rings (SSSR count). The van der Waals surface area contributed by atoms with Crippen LogP contribution in [0, 0.1) is 0 Å². The molecule has 3 heterocycles. The first-order chi connectivity index (χ1) is 12.3. The largest absolute Gasteiger partial charge is 0.350 e. The highest BCUT2D eigenvalue weighted by atomic mass is 16.1. The molecule has 1 fully saturated rings. The van der Waals surface area contributed by atoms with Gasteiger partial charge in [0.15, 0.2) is 5.82 Å². The number of piperidine rings is 1. The summed E-state index contributed by atoms with van der Waals surface area (Å²) < 4.78 is 1.55. The quantitative estimate of drug-likeness (QED) is 0.833. The fraction of sp³-hybridized carbons (Fsp3) is 0.556. The summed E-state index contributed by atoms with van der Waals surface area (Å²) in [7, 11) is 0. The van der Waals surface area contributed by atoms with Crippen LogP contribution in [0.25, 0.3) is 5.82 Å². The van der Waals surface area contributed by atoms with Crippen molar-refractivity contribution in [3.63, 3.8) is 0 Å². The molecular weight excluding hydrogens is 316 g/mol. The molecule has 7 nitrogen and oxygen atoms in total. The number of aromatic nitrogens is 4. The molecule has 0 aliphatic carbocycles. The number of nitrogens with one attached hydrogen (secondary N) is 1. The van der Waals surface area contributed by atoms with Gasteiger partial charge in [-0.1, -0.05) is 19.8 Å². The van der Waals surface area contributed by atoms with Gasteiger partial charge in [-0.2, -0.15) is 5.10 Å². The van der Waals surface area contributed by atoms with Gasteiger partial charge in [-0.05, 0) is 44.5 Å². The van der Waals surface area contributed by atoms with Crippen molar-refractivity contribution >= 4 is 5.91 Å². The molecule has 0 unspecified atom stereocenters. The molecule has 0 spiro atoms. The van der Waals surface area contributed by atoms with Gasteiger partial charge >= 0.3 is 0 Å². The van der Waals surface area contributed by atoms with Crippen molar-refractivity contribution in [2.75, 3.05) is 19.6 Å². The van der Waals surface area contributed by atoms with Crippen molar-refractivity contribution in [2.45, 2.75) is 45.1 Å². The highest BCUT2D eigenvalue weighted by Gasteiger charge is 2.22. The standard InChI is InChI=1S/C18H26N6O/c1-2-3-9-23-10-5-4-6-16(23)12-21-18(25)15-7-8-20-17(11-15)24-14-19-13-22-24/h7-8,11,13-14,16H,2-6,9-10,12H2,1H3,(H,21,25)/t16-/m1/s1. The molecule has 0 aromatic carbocycles. The van der Waals surface area contributed by atoms with E-state index in [1.807, 2.05) is 0 Å². The van der Waals surface area contributed by atoms with E-state index in [1.54, 1.807) is 29.3 Å². The summed E-state index contributed by atoms with van der Waals surface area (Å²) >= 11 is 0. The number of carbonyl (C=O) groups excluding carboxylic acids is 1. The van der Waals surface area contributed by atoms with Gasteiger partial charge in [0, 0.05) is 24.3 Å². The Hall–Kier alpha value is -2.28. The highest BCUT2D eigenvalue weighted by Crippen LogP contribution is 2.17. The molecule has 1 aliphatic heterocycles. The minimum absolute atomic E-state index is 0.0650. The van der Waals surface area contributed by atoms with Gasteiger partial charge in [-0.25, -0.2) is 14.6 Å². The smallest absolute Gasteiger partial charge is 0.251 e. The summed E-state index contributed by atoms with van der Waals surface area (Å²) in [4.78, 5) is 23.2. The minimum atomic E-state index is -0.0650. The third-order valence-corrected chi connectivity index (χ3v) is 4.71. The summed E-state index contributed by atoms with van der Waals surface area (Å²) in [5.74, 6) is 0.525. The summed E-state index contributed by atoms with van der Waals surface area (Å²) in [6, 6.07) is 3.91. The van der Waals surface area contributed by atoms with Gasteiger partial charge in [0.05, 0.1) is 0 Å². The van der Waals surface area contributed by atoms with Gasteiger partial charge in [-0.3, -0.25) is 9.69 Å². The third-order valence-electron chi connectivity index (χ3n) is 4.71. The Kier molecular flexibility index (Phi) is 6.11. The second-order valence-electron chi connectivity index (χ2n) is 6.49. The van der Waals surface area contributed by atoms with Gasteiger partial charge in [0.1, 0.15) is 12.7 Å². The molecule has 25 heavy (non-hydrogen) atoms. The first-order valence-electron chi connectivity index (χ1n) is 9.11. The number of hydrogen-bond acceptors (Lipinski definition) is 5. The zero-order valence-electron chi connectivity index (χ0n) is 14.8. The van der Waals surface area contributed by atoms with E-state index in [1.165, 1.54) is 32.0 Å². The van der Waals surface area contributed by atoms with E-state index < -0.39 is 0 Å². The average molecular weight is 342 g/mol. The maximum Gasteiger partial charge on any atom is 0.251 e. The summed E-state index contributed by atoms with van der Waals surface area (Å²) in [5, 5.41) is 7.14. The number of rotatable bonds is 7. The van der Waals surface area contributed by atoms with Gasteiger partial charge in [-0.15, -0.1) is 0 Å². The normalized spacial score (nSPS) is 18.2. The lowest BCUT2D eigenvalue weighted by atomic mass is 10.0. The zero-order chi connectivity index (χ0) is 17.5. The Morgan fingerprint density at radius 3 is 3.12 bits per heavy atom. The van der Waals surface area contributed by atoms with E-state index in [-0.39, 0.29) is 5.91 Å². The van der Waals surface area contributed by atoms with E-state index in [4.69, 9.17) is 0 Å². The third kappa shape index (κ3) is 4.63. The second-order valence-corrected chi connectivity index (χ2v) is 6.49. The van der Waals surface area contributed by atoms with Crippen LogP contribution in [-0.4, -0.2) is 56.2 Å².